The van der Waals surface area contributed by atoms with Crippen LogP contribution in [0.1, 0.15) is 17.4 Å². The van der Waals surface area contributed by atoms with E-state index in [1.165, 1.54) is 19.1 Å². The average molecular weight is 370 g/mol. The van der Waals surface area contributed by atoms with Gasteiger partial charge < -0.3 is 5.32 Å². The number of hydrogen-bond donors (Lipinski definition) is 1. The van der Waals surface area contributed by atoms with E-state index >= 15 is 0 Å². The molecule has 20 heavy (non-hydrogen) atoms. The van der Waals surface area contributed by atoms with Gasteiger partial charge in [-0.2, -0.15) is 0 Å². The van der Waals surface area contributed by atoms with Gasteiger partial charge in [0.15, 0.2) is 0 Å². The van der Waals surface area contributed by atoms with Gasteiger partial charge in [-0.3, -0.25) is 0 Å². The lowest BCUT2D eigenvalue weighted by molar-refractivity contribution is 0.576. The van der Waals surface area contributed by atoms with E-state index in [0.717, 1.165) is 18.7 Å². The van der Waals surface area contributed by atoms with Crippen molar-refractivity contribution in [2.24, 2.45) is 0 Å². The van der Waals surface area contributed by atoms with E-state index in [-0.39, 0.29) is 0 Å². The molecule has 0 radical (unpaired) electrons. The van der Waals surface area contributed by atoms with Gasteiger partial charge in [-0.1, -0.05) is 24.6 Å². The molecule has 1 aromatic heterocycles. The summed E-state index contributed by atoms with van der Waals surface area (Å²) in [5, 5.41) is 3.60. The number of likely N-dealkylation sites (N-methyl/N-ethyl adjacent to an activating group) is 1. The third-order valence-electron chi connectivity index (χ3n) is 3.01. The second kappa shape index (κ2) is 8.23. The van der Waals surface area contributed by atoms with Gasteiger partial charge in [0.05, 0.1) is 3.79 Å². The summed E-state index contributed by atoms with van der Waals surface area (Å²) in [5.74, 6) is 1.10. The monoisotopic (exact) mass is 369 g/mol. The molecule has 0 fully saturated rings. The Hall–Kier alpha value is -0.290. The second-order valence-corrected chi connectivity index (χ2v) is 8.43. The topological polar surface area (TPSA) is 12.0 Å². The molecule has 4 heteroatoms. The Bertz CT molecular complexity index is 539. The van der Waals surface area contributed by atoms with Gasteiger partial charge in [0.1, 0.15) is 0 Å². The van der Waals surface area contributed by atoms with Crippen molar-refractivity contribution in [3.8, 4) is 0 Å². The van der Waals surface area contributed by atoms with Crippen LogP contribution in [-0.2, 0) is 6.42 Å². The quantitative estimate of drug-likeness (QED) is 0.678. The third-order valence-corrected chi connectivity index (χ3v) is 5.81. The van der Waals surface area contributed by atoms with Crippen molar-refractivity contribution in [2.75, 3.05) is 12.3 Å². The number of halogens is 1. The maximum atomic E-state index is 3.60. The SMILES string of the molecule is CCNC(CSc1cccc(C)c1)Cc1ccc(Br)s1. The molecule has 1 unspecified atom stereocenters. The molecule has 0 amide bonds. The predicted octanol–water partition coefficient (Wildman–Crippen LogP) is 5.13. The van der Waals surface area contributed by atoms with Gasteiger partial charge in [-0.15, -0.1) is 23.1 Å². The molecule has 0 aliphatic carbocycles. The van der Waals surface area contributed by atoms with E-state index in [4.69, 9.17) is 0 Å². The molecule has 1 nitrogen and oxygen atoms in total. The molecule has 1 N–H and O–H groups in total. The van der Waals surface area contributed by atoms with E-state index in [1.807, 2.05) is 23.1 Å². The summed E-state index contributed by atoms with van der Waals surface area (Å²) in [7, 11) is 0. The van der Waals surface area contributed by atoms with Gasteiger partial charge in [0, 0.05) is 21.6 Å². The van der Waals surface area contributed by atoms with Crippen molar-refractivity contribution in [1.29, 1.82) is 0 Å². The van der Waals surface area contributed by atoms with E-state index in [9.17, 15) is 0 Å². The first kappa shape index (κ1) is 16.1. The molecule has 0 spiro atoms. The van der Waals surface area contributed by atoms with Crippen molar-refractivity contribution in [2.45, 2.75) is 31.2 Å². The number of rotatable bonds is 7. The van der Waals surface area contributed by atoms with Crippen LogP contribution >= 0.6 is 39.0 Å². The van der Waals surface area contributed by atoms with Crippen LogP contribution in [0.5, 0.6) is 0 Å². The summed E-state index contributed by atoms with van der Waals surface area (Å²) in [6.07, 6.45) is 1.10. The molecule has 0 bridgehead atoms. The lowest BCUT2D eigenvalue weighted by Gasteiger charge is -2.16. The van der Waals surface area contributed by atoms with Crippen LogP contribution in [0, 0.1) is 6.92 Å². The molecule has 2 rings (SSSR count). The largest absolute Gasteiger partial charge is 0.313 e. The highest BCUT2D eigenvalue weighted by Gasteiger charge is 2.10. The van der Waals surface area contributed by atoms with E-state index in [1.54, 1.807) is 0 Å². The van der Waals surface area contributed by atoms with Crippen molar-refractivity contribution in [3.63, 3.8) is 0 Å². The summed E-state index contributed by atoms with van der Waals surface area (Å²) < 4.78 is 1.22. The zero-order valence-corrected chi connectivity index (χ0v) is 15.1. The number of thiophene rings is 1. The highest BCUT2D eigenvalue weighted by atomic mass is 79.9. The first-order valence-electron chi connectivity index (χ1n) is 6.84. The Balaban J connectivity index is 1.91. The van der Waals surface area contributed by atoms with E-state index in [2.05, 4.69) is 71.5 Å². The summed E-state index contributed by atoms with van der Waals surface area (Å²) in [4.78, 5) is 2.80. The molecule has 0 aliphatic rings. The fourth-order valence-electron chi connectivity index (χ4n) is 2.08. The minimum atomic E-state index is 0.524. The molecule has 0 saturated carbocycles. The Morgan fingerprint density at radius 1 is 1.30 bits per heavy atom. The molecule has 0 aliphatic heterocycles. The van der Waals surface area contributed by atoms with Crippen LogP contribution in [0.3, 0.4) is 0 Å². The fourth-order valence-corrected chi connectivity index (χ4v) is 4.72. The van der Waals surface area contributed by atoms with Gasteiger partial charge in [-0.25, -0.2) is 0 Å². The normalized spacial score (nSPS) is 12.6. The molecule has 2 aromatic rings. The third kappa shape index (κ3) is 5.24. The van der Waals surface area contributed by atoms with Gasteiger partial charge >= 0.3 is 0 Å². The van der Waals surface area contributed by atoms with Crippen LogP contribution in [0.4, 0.5) is 0 Å². The second-order valence-electron chi connectivity index (χ2n) is 4.79. The van der Waals surface area contributed by atoms with Crippen LogP contribution in [0.15, 0.2) is 45.1 Å². The minimum Gasteiger partial charge on any atom is -0.313 e. The van der Waals surface area contributed by atoms with Crippen molar-refractivity contribution >= 4 is 39.0 Å². The number of nitrogens with one attached hydrogen (secondary N) is 1. The maximum absolute atomic E-state index is 3.60. The van der Waals surface area contributed by atoms with E-state index in [0.29, 0.717) is 6.04 Å². The Labute approximate surface area is 138 Å². The Kier molecular flexibility index (Phi) is 6.62. The molecular weight excluding hydrogens is 350 g/mol. The number of thioether (sulfide) groups is 1. The van der Waals surface area contributed by atoms with Crippen LogP contribution in [0.25, 0.3) is 0 Å². The Morgan fingerprint density at radius 2 is 2.15 bits per heavy atom. The number of benzene rings is 1. The van der Waals surface area contributed by atoms with Gasteiger partial charge in [-0.05, 0) is 60.1 Å². The summed E-state index contributed by atoms with van der Waals surface area (Å²) in [5.41, 5.74) is 1.33. The van der Waals surface area contributed by atoms with Crippen molar-refractivity contribution < 1.29 is 0 Å². The lowest BCUT2D eigenvalue weighted by atomic mass is 10.2. The molecule has 108 valence electrons. The highest BCUT2D eigenvalue weighted by molar-refractivity contribution is 9.11. The standard InChI is InChI=1S/C16H20BrNS2/c1-3-18-13(10-15-7-8-16(17)20-15)11-19-14-6-4-5-12(2)9-14/h4-9,13,18H,3,10-11H2,1-2H3. The predicted molar refractivity (Wildman–Crippen MR) is 95.1 cm³/mol. The molecule has 1 heterocycles. The number of hydrogen-bond acceptors (Lipinski definition) is 3. The molecule has 1 atom stereocenters. The molecular formula is C16H20BrNS2. The first-order valence-corrected chi connectivity index (χ1v) is 9.44. The van der Waals surface area contributed by atoms with Crippen LogP contribution < -0.4 is 5.32 Å². The summed E-state index contributed by atoms with van der Waals surface area (Å²) >= 11 is 7.31. The zero-order valence-electron chi connectivity index (χ0n) is 11.9. The summed E-state index contributed by atoms with van der Waals surface area (Å²) in [6.45, 7) is 5.34. The van der Waals surface area contributed by atoms with Crippen LogP contribution in [-0.4, -0.2) is 18.3 Å². The van der Waals surface area contributed by atoms with Gasteiger partial charge in [0.25, 0.3) is 0 Å². The summed E-state index contributed by atoms with van der Waals surface area (Å²) in [6, 6.07) is 13.6. The maximum Gasteiger partial charge on any atom is 0.0701 e. The van der Waals surface area contributed by atoms with Crippen LogP contribution in [0.2, 0.25) is 0 Å². The fraction of sp³-hybridized carbons (Fsp3) is 0.375. The average Bonchev–Trinajstić information content (AvgIpc) is 2.82. The van der Waals surface area contributed by atoms with Gasteiger partial charge in [0.2, 0.25) is 0 Å². The highest BCUT2D eigenvalue weighted by Crippen LogP contribution is 2.25. The van der Waals surface area contributed by atoms with Crippen molar-refractivity contribution in [1.82, 2.24) is 5.32 Å². The molecule has 1 aromatic carbocycles. The Morgan fingerprint density at radius 3 is 2.80 bits per heavy atom. The number of aryl methyl sites for hydroxylation is 1. The first-order chi connectivity index (χ1) is 9.67. The smallest absolute Gasteiger partial charge is 0.0701 e. The zero-order chi connectivity index (χ0) is 14.4. The molecule has 0 saturated heterocycles. The van der Waals surface area contributed by atoms with Crippen molar-refractivity contribution in [3.05, 3.63) is 50.6 Å². The lowest BCUT2D eigenvalue weighted by Crippen LogP contribution is -2.32. The minimum absolute atomic E-state index is 0.524. The van der Waals surface area contributed by atoms with E-state index < -0.39 is 0 Å².